The van der Waals surface area contributed by atoms with Crippen LogP contribution in [-0.4, -0.2) is 49.8 Å². The van der Waals surface area contributed by atoms with Crippen LogP contribution in [0.1, 0.15) is 45.7 Å². The van der Waals surface area contributed by atoms with Crippen LogP contribution in [0.25, 0.3) is 0 Å². The van der Waals surface area contributed by atoms with Crippen LogP contribution in [0.2, 0.25) is 0 Å². The Morgan fingerprint density at radius 1 is 1.03 bits per heavy atom. The molecule has 0 bridgehead atoms. The number of carbonyl (C=O) groups is 2. The van der Waals surface area contributed by atoms with Crippen molar-refractivity contribution in [1.29, 1.82) is 5.26 Å². The molecule has 1 aliphatic rings. The average molecular weight is 453 g/mol. The molecular formula is C24H27N3O6. The summed E-state index contributed by atoms with van der Waals surface area (Å²) in [4.78, 5) is 27.2. The lowest BCUT2D eigenvalue weighted by atomic mass is 10.0. The Morgan fingerprint density at radius 2 is 1.64 bits per heavy atom. The molecule has 1 heterocycles. The predicted octanol–water partition coefficient (Wildman–Crippen LogP) is 3.18. The molecule has 0 saturated carbocycles. The summed E-state index contributed by atoms with van der Waals surface area (Å²) < 4.78 is 22.0. The maximum atomic E-state index is 13.6. The second kappa shape index (κ2) is 9.38. The highest BCUT2D eigenvalue weighted by Gasteiger charge is 2.33. The molecule has 174 valence electrons. The number of nitrogens with zero attached hydrogens (tertiary/aromatic N) is 2. The number of hydrogen-bond acceptors (Lipinski definition) is 8. The first kappa shape index (κ1) is 23.9. The van der Waals surface area contributed by atoms with Gasteiger partial charge in [0.05, 0.1) is 20.3 Å². The molecule has 0 radical (unpaired) electrons. The van der Waals surface area contributed by atoms with E-state index < -0.39 is 17.4 Å². The van der Waals surface area contributed by atoms with Crippen molar-refractivity contribution in [3.8, 4) is 29.1 Å². The summed E-state index contributed by atoms with van der Waals surface area (Å²) in [7, 11) is 2.96. The van der Waals surface area contributed by atoms with Crippen LogP contribution in [0.3, 0.4) is 0 Å². The van der Waals surface area contributed by atoms with E-state index in [0.29, 0.717) is 47.3 Å². The number of imide groups is 1. The van der Waals surface area contributed by atoms with Crippen LogP contribution in [0.4, 0.5) is 0 Å². The number of hydrogen-bond donors (Lipinski definition) is 1. The summed E-state index contributed by atoms with van der Waals surface area (Å²) in [5, 5.41) is 10.4. The second-order valence-corrected chi connectivity index (χ2v) is 8.06. The number of rotatable bonds is 6. The van der Waals surface area contributed by atoms with E-state index in [1.165, 1.54) is 26.4 Å². The Balaban J connectivity index is 2.09. The largest absolute Gasteiger partial charge is 0.496 e. The predicted molar refractivity (Wildman–Crippen MR) is 120 cm³/mol. The lowest BCUT2D eigenvalue weighted by Crippen LogP contribution is -2.55. The van der Waals surface area contributed by atoms with E-state index in [4.69, 9.17) is 18.9 Å². The number of methoxy groups -OCH3 is 2. The van der Waals surface area contributed by atoms with E-state index in [-0.39, 0.29) is 11.1 Å². The molecule has 9 heteroatoms. The molecule has 0 fully saturated rings. The first-order valence-electron chi connectivity index (χ1n) is 10.3. The van der Waals surface area contributed by atoms with Crippen molar-refractivity contribution in [2.75, 3.05) is 27.4 Å². The molecule has 2 aromatic rings. The fourth-order valence-electron chi connectivity index (χ4n) is 3.44. The highest BCUT2D eigenvalue weighted by atomic mass is 16.6. The van der Waals surface area contributed by atoms with Gasteiger partial charge < -0.3 is 18.9 Å². The van der Waals surface area contributed by atoms with Gasteiger partial charge in [-0.25, -0.2) is 10.4 Å². The molecule has 0 atom stereocenters. The first-order valence-corrected chi connectivity index (χ1v) is 10.3. The van der Waals surface area contributed by atoms with Gasteiger partial charge in [-0.1, -0.05) is 0 Å². The van der Waals surface area contributed by atoms with E-state index in [1.54, 1.807) is 39.8 Å². The van der Waals surface area contributed by atoms with E-state index >= 15 is 0 Å². The number of nitrogens with one attached hydrogen (secondary N) is 1. The Kier molecular flexibility index (Phi) is 6.79. The zero-order chi connectivity index (χ0) is 24.3. The number of hydrazine groups is 1. The van der Waals surface area contributed by atoms with Gasteiger partial charge in [-0.05, 0) is 52.0 Å². The van der Waals surface area contributed by atoms with Gasteiger partial charge in [0.2, 0.25) is 0 Å². The van der Waals surface area contributed by atoms with Crippen molar-refractivity contribution in [1.82, 2.24) is 10.4 Å². The van der Waals surface area contributed by atoms with Crippen molar-refractivity contribution in [3.63, 3.8) is 0 Å². The Hall–Kier alpha value is -3.77. The molecule has 3 rings (SSSR count). The molecule has 0 aromatic heterocycles. The topological polar surface area (TPSA) is 110 Å². The summed E-state index contributed by atoms with van der Waals surface area (Å²) in [5.41, 5.74) is 3.17. The third-order valence-corrected chi connectivity index (χ3v) is 5.26. The highest BCUT2D eigenvalue weighted by Crippen LogP contribution is 2.36. The number of ether oxygens (including phenoxy) is 4. The molecule has 1 aliphatic heterocycles. The third-order valence-electron chi connectivity index (χ3n) is 5.26. The number of nitriles is 1. The van der Waals surface area contributed by atoms with Crippen molar-refractivity contribution in [2.45, 2.75) is 33.2 Å². The quantitative estimate of drug-likeness (QED) is 0.525. The molecule has 0 aliphatic carbocycles. The van der Waals surface area contributed by atoms with E-state index in [0.717, 1.165) is 5.01 Å². The fraction of sp³-hybridized carbons (Fsp3) is 0.375. The van der Waals surface area contributed by atoms with Crippen LogP contribution in [0.5, 0.6) is 23.0 Å². The first-order chi connectivity index (χ1) is 15.6. The minimum absolute atomic E-state index is 0.152. The van der Waals surface area contributed by atoms with Gasteiger partial charge >= 0.3 is 0 Å². The molecule has 2 aromatic carbocycles. The van der Waals surface area contributed by atoms with Crippen LogP contribution in [0, 0.1) is 25.2 Å². The van der Waals surface area contributed by atoms with Crippen LogP contribution in [0.15, 0.2) is 24.3 Å². The number of amides is 2. The molecule has 9 nitrogen and oxygen atoms in total. The van der Waals surface area contributed by atoms with Gasteiger partial charge in [0, 0.05) is 22.3 Å². The fourth-order valence-corrected chi connectivity index (χ4v) is 3.44. The maximum Gasteiger partial charge on any atom is 0.275 e. The summed E-state index contributed by atoms with van der Waals surface area (Å²) in [5.74, 6) is 0.537. The van der Waals surface area contributed by atoms with Crippen LogP contribution < -0.4 is 24.4 Å². The van der Waals surface area contributed by atoms with Gasteiger partial charge in [-0.2, -0.15) is 5.26 Å². The van der Waals surface area contributed by atoms with Gasteiger partial charge in [-0.3, -0.25) is 9.59 Å². The smallest absolute Gasteiger partial charge is 0.275 e. The third kappa shape index (κ3) is 4.71. The molecule has 0 unspecified atom stereocenters. The molecule has 0 spiro atoms. The molecule has 33 heavy (non-hydrogen) atoms. The molecule has 2 amide bonds. The Morgan fingerprint density at radius 3 is 2.21 bits per heavy atom. The van der Waals surface area contributed by atoms with Crippen LogP contribution >= 0.6 is 0 Å². The Labute approximate surface area is 192 Å². The van der Waals surface area contributed by atoms with E-state index in [2.05, 4.69) is 11.5 Å². The van der Waals surface area contributed by atoms with Crippen molar-refractivity contribution >= 4 is 11.8 Å². The highest BCUT2D eigenvalue weighted by molar-refractivity contribution is 6.11. The van der Waals surface area contributed by atoms with E-state index in [1.807, 2.05) is 0 Å². The summed E-state index contributed by atoms with van der Waals surface area (Å²) in [6, 6.07) is 8.31. The SMILES string of the molecule is COc1cc(C(=O)N(NC(C)(C)C#N)C(=O)c2ccc3c(c2C)OCCO3)cc(OC)c1C. The lowest BCUT2D eigenvalue weighted by Gasteiger charge is -2.29. The minimum Gasteiger partial charge on any atom is -0.496 e. The zero-order valence-corrected chi connectivity index (χ0v) is 19.6. The van der Waals surface area contributed by atoms with Gasteiger partial charge in [-0.15, -0.1) is 0 Å². The zero-order valence-electron chi connectivity index (χ0n) is 19.6. The second-order valence-electron chi connectivity index (χ2n) is 8.06. The monoisotopic (exact) mass is 453 g/mol. The number of carbonyl (C=O) groups excluding carboxylic acids is 2. The maximum absolute atomic E-state index is 13.6. The van der Waals surface area contributed by atoms with Crippen molar-refractivity contribution < 1.29 is 28.5 Å². The Bertz CT molecular complexity index is 1110. The van der Waals surface area contributed by atoms with Crippen LogP contribution in [-0.2, 0) is 0 Å². The standard InChI is InChI=1S/C24H27N3O6/c1-14-17(7-8-18-21(14)33-10-9-32-18)23(29)27(26-24(3,4)13-25)22(28)16-11-19(30-5)15(2)20(12-16)31-6/h7-8,11-12,26H,9-10H2,1-6H3. The summed E-state index contributed by atoms with van der Waals surface area (Å²) in [6.45, 7) is 7.42. The van der Waals surface area contributed by atoms with Gasteiger partial charge in [0.15, 0.2) is 11.5 Å². The molecular weight excluding hydrogens is 426 g/mol. The van der Waals surface area contributed by atoms with Gasteiger partial charge in [0.25, 0.3) is 11.8 Å². The minimum atomic E-state index is -1.22. The summed E-state index contributed by atoms with van der Waals surface area (Å²) in [6.07, 6.45) is 0. The summed E-state index contributed by atoms with van der Waals surface area (Å²) >= 11 is 0. The van der Waals surface area contributed by atoms with Gasteiger partial charge in [0.1, 0.15) is 30.3 Å². The molecule has 0 saturated heterocycles. The molecule has 1 N–H and O–H groups in total. The lowest BCUT2D eigenvalue weighted by molar-refractivity contribution is 0.0472. The van der Waals surface area contributed by atoms with Crippen molar-refractivity contribution in [2.24, 2.45) is 0 Å². The number of benzene rings is 2. The number of fused-ring (bicyclic) bond motifs is 1. The van der Waals surface area contributed by atoms with Crippen molar-refractivity contribution in [3.05, 3.63) is 46.5 Å². The normalized spacial score (nSPS) is 12.5. The van der Waals surface area contributed by atoms with E-state index in [9.17, 15) is 14.9 Å². The average Bonchev–Trinajstić information content (AvgIpc) is 2.82.